The summed E-state index contributed by atoms with van der Waals surface area (Å²) in [5.41, 5.74) is 5.15. The Bertz CT molecular complexity index is 949. The average molecular weight is 264 g/mol. The van der Waals surface area contributed by atoms with E-state index in [4.69, 9.17) is 0 Å². The van der Waals surface area contributed by atoms with E-state index >= 15 is 0 Å². The largest absolute Gasteiger partial charge is 0.326 e. The van der Waals surface area contributed by atoms with Gasteiger partial charge in [0.25, 0.3) is 0 Å². The summed E-state index contributed by atoms with van der Waals surface area (Å²) in [6.45, 7) is 0.953. The lowest BCUT2D eigenvalue weighted by Gasteiger charge is -1.91. The lowest BCUT2D eigenvalue weighted by Crippen LogP contribution is -2.31. The van der Waals surface area contributed by atoms with Crippen LogP contribution < -0.4 is 4.57 Å². The zero-order chi connectivity index (χ0) is 12.4. The normalized spacial score (nSPS) is 13.1. The summed E-state index contributed by atoms with van der Waals surface area (Å²) >= 11 is 1.86. The Labute approximate surface area is 113 Å². The number of benzene rings is 1. The van der Waals surface area contributed by atoms with Crippen LogP contribution >= 0.6 is 11.3 Å². The number of fused-ring (bicyclic) bond motifs is 7. The van der Waals surface area contributed by atoms with E-state index in [1.165, 1.54) is 26.5 Å². The van der Waals surface area contributed by atoms with Gasteiger partial charge in [-0.15, -0.1) is 0 Å². The third-order valence-corrected chi connectivity index (χ3v) is 4.92. The standard InChI is InChI=1S/C15H10N3S/c1-2-6-12-10(4-1)9-17-14-13(19-15(12)17)8-11-5-3-7-16-18(11)14/h1-8H,9H2/q+1. The molecule has 0 aliphatic carbocycles. The minimum atomic E-state index is 0.953. The van der Waals surface area contributed by atoms with E-state index in [1.54, 1.807) is 0 Å². The van der Waals surface area contributed by atoms with E-state index < -0.39 is 0 Å². The molecule has 0 spiro atoms. The van der Waals surface area contributed by atoms with Crippen molar-refractivity contribution in [1.29, 1.82) is 0 Å². The first-order valence-corrected chi connectivity index (χ1v) is 7.11. The van der Waals surface area contributed by atoms with Crippen molar-refractivity contribution in [3.8, 4) is 10.6 Å². The third kappa shape index (κ3) is 1.12. The molecule has 5 rings (SSSR count). The van der Waals surface area contributed by atoms with Crippen molar-refractivity contribution < 1.29 is 4.57 Å². The highest BCUT2D eigenvalue weighted by Gasteiger charge is 2.30. The van der Waals surface area contributed by atoms with Gasteiger partial charge in [0.2, 0.25) is 0 Å². The van der Waals surface area contributed by atoms with Gasteiger partial charge in [0.15, 0.2) is 10.5 Å². The monoisotopic (exact) mass is 264 g/mol. The quantitative estimate of drug-likeness (QED) is 0.394. The number of thiazole rings is 1. The van der Waals surface area contributed by atoms with E-state index in [2.05, 4.69) is 46.1 Å². The lowest BCUT2D eigenvalue weighted by atomic mass is 10.1. The van der Waals surface area contributed by atoms with Crippen molar-refractivity contribution in [3.63, 3.8) is 0 Å². The fourth-order valence-corrected chi connectivity index (χ4v) is 4.18. The summed E-state index contributed by atoms with van der Waals surface area (Å²) in [6, 6.07) is 15.0. The van der Waals surface area contributed by atoms with Gasteiger partial charge in [0.05, 0.1) is 6.20 Å². The van der Waals surface area contributed by atoms with Crippen LogP contribution in [0, 0.1) is 0 Å². The minimum Gasteiger partial charge on any atom is -0.210 e. The summed E-state index contributed by atoms with van der Waals surface area (Å²) in [5, 5.41) is 5.83. The molecule has 0 unspecified atom stereocenters. The Hall–Kier alpha value is -2.20. The first-order valence-electron chi connectivity index (χ1n) is 6.29. The Kier molecular flexibility index (Phi) is 1.64. The maximum Gasteiger partial charge on any atom is 0.326 e. The van der Waals surface area contributed by atoms with Crippen LogP contribution in [0.3, 0.4) is 0 Å². The molecule has 0 atom stereocenters. The second-order valence-electron chi connectivity index (χ2n) is 4.84. The van der Waals surface area contributed by atoms with E-state index in [9.17, 15) is 0 Å². The molecule has 0 N–H and O–H groups in total. The molecule has 3 nitrogen and oxygen atoms in total. The van der Waals surface area contributed by atoms with Crippen molar-refractivity contribution in [2.24, 2.45) is 0 Å². The summed E-state index contributed by atoms with van der Waals surface area (Å²) in [6.07, 6.45) is 1.85. The molecule has 4 aromatic rings. The summed E-state index contributed by atoms with van der Waals surface area (Å²) in [5.74, 6) is 0. The van der Waals surface area contributed by atoms with Crippen molar-refractivity contribution in [1.82, 2.24) is 9.61 Å². The first-order chi connectivity index (χ1) is 9.42. The molecule has 0 radical (unpaired) electrons. The van der Waals surface area contributed by atoms with Gasteiger partial charge in [-0.3, -0.25) is 0 Å². The van der Waals surface area contributed by atoms with Crippen LogP contribution in [-0.4, -0.2) is 9.61 Å². The summed E-state index contributed by atoms with van der Waals surface area (Å²) in [4.78, 5) is 0. The number of rotatable bonds is 0. The Morgan fingerprint density at radius 2 is 2.11 bits per heavy atom. The van der Waals surface area contributed by atoms with E-state index in [1.807, 2.05) is 28.1 Å². The van der Waals surface area contributed by atoms with Crippen LogP contribution in [0.5, 0.6) is 0 Å². The molecule has 0 saturated heterocycles. The van der Waals surface area contributed by atoms with Crippen molar-refractivity contribution in [3.05, 3.63) is 54.2 Å². The molecule has 1 aliphatic rings. The SMILES string of the molecule is c1ccc2c(c1)C[n+]1c-2sc2cc3cccnn3c21. The zero-order valence-electron chi connectivity index (χ0n) is 10.1. The van der Waals surface area contributed by atoms with Gasteiger partial charge >= 0.3 is 5.65 Å². The molecular weight excluding hydrogens is 254 g/mol. The van der Waals surface area contributed by atoms with Crippen LogP contribution in [0.25, 0.3) is 26.4 Å². The summed E-state index contributed by atoms with van der Waals surface area (Å²) < 4.78 is 5.73. The third-order valence-electron chi connectivity index (χ3n) is 3.76. The minimum absolute atomic E-state index is 0.953. The molecule has 0 fully saturated rings. The second kappa shape index (κ2) is 3.22. The molecule has 0 amide bonds. The molecule has 1 aliphatic heterocycles. The predicted octanol–water partition coefficient (Wildman–Crippen LogP) is 2.87. The van der Waals surface area contributed by atoms with Gasteiger partial charge in [-0.2, -0.15) is 0 Å². The topological polar surface area (TPSA) is 21.2 Å². The van der Waals surface area contributed by atoms with Gasteiger partial charge in [-0.1, -0.05) is 39.1 Å². The average Bonchev–Trinajstić information content (AvgIpc) is 3.05. The molecule has 4 heteroatoms. The Morgan fingerprint density at radius 1 is 1.16 bits per heavy atom. The van der Waals surface area contributed by atoms with Gasteiger partial charge in [0.1, 0.15) is 11.2 Å². The van der Waals surface area contributed by atoms with E-state index in [0.29, 0.717) is 0 Å². The van der Waals surface area contributed by atoms with Crippen LogP contribution in [0.4, 0.5) is 0 Å². The van der Waals surface area contributed by atoms with Crippen LogP contribution in [0.15, 0.2) is 48.7 Å². The van der Waals surface area contributed by atoms with Gasteiger partial charge in [-0.25, -0.2) is 4.57 Å². The fourth-order valence-electron chi connectivity index (χ4n) is 2.94. The highest BCUT2D eigenvalue weighted by molar-refractivity contribution is 7.21. The maximum atomic E-state index is 4.48. The Balaban J connectivity index is 1.94. The van der Waals surface area contributed by atoms with Crippen molar-refractivity contribution >= 4 is 27.2 Å². The molecular formula is C15H10N3S+. The van der Waals surface area contributed by atoms with Crippen LogP contribution in [-0.2, 0) is 6.54 Å². The van der Waals surface area contributed by atoms with Crippen LogP contribution in [0.2, 0.25) is 0 Å². The number of hydrogen-bond donors (Lipinski definition) is 0. The van der Waals surface area contributed by atoms with Crippen molar-refractivity contribution in [2.75, 3.05) is 0 Å². The lowest BCUT2D eigenvalue weighted by molar-refractivity contribution is -0.644. The van der Waals surface area contributed by atoms with E-state index in [0.717, 1.165) is 12.1 Å². The highest BCUT2D eigenvalue weighted by Crippen LogP contribution is 2.36. The molecule has 19 heavy (non-hydrogen) atoms. The highest BCUT2D eigenvalue weighted by atomic mass is 32.1. The molecule has 0 saturated carbocycles. The second-order valence-corrected chi connectivity index (χ2v) is 5.87. The number of nitrogens with zero attached hydrogens (tertiary/aromatic N) is 3. The van der Waals surface area contributed by atoms with E-state index in [-0.39, 0.29) is 0 Å². The molecule has 90 valence electrons. The van der Waals surface area contributed by atoms with Gasteiger partial charge < -0.3 is 0 Å². The Morgan fingerprint density at radius 3 is 3.11 bits per heavy atom. The number of hydrogen-bond acceptors (Lipinski definition) is 2. The molecule has 3 aromatic heterocycles. The van der Waals surface area contributed by atoms with Crippen LogP contribution in [0.1, 0.15) is 5.56 Å². The summed E-state index contributed by atoms with van der Waals surface area (Å²) in [7, 11) is 0. The number of aromatic nitrogens is 3. The molecule has 0 bridgehead atoms. The maximum absolute atomic E-state index is 4.48. The molecule has 1 aromatic carbocycles. The zero-order valence-corrected chi connectivity index (χ0v) is 10.9. The van der Waals surface area contributed by atoms with Gasteiger partial charge in [-0.05, 0) is 18.2 Å². The fraction of sp³-hybridized carbons (Fsp3) is 0.0667. The smallest absolute Gasteiger partial charge is 0.210 e. The van der Waals surface area contributed by atoms with Gasteiger partial charge in [0, 0.05) is 17.2 Å². The first kappa shape index (κ1) is 9.69. The predicted molar refractivity (Wildman–Crippen MR) is 75.3 cm³/mol. The van der Waals surface area contributed by atoms with Crippen molar-refractivity contribution in [2.45, 2.75) is 6.54 Å². The molecule has 4 heterocycles.